The molecule has 0 atom stereocenters. The van der Waals surface area contributed by atoms with E-state index in [1.807, 2.05) is 0 Å². The second kappa shape index (κ2) is 9.63. The Balaban J connectivity index is 1.69. The maximum absolute atomic E-state index is 12.0. The number of benzene rings is 1. The van der Waals surface area contributed by atoms with Gasteiger partial charge in [-0.2, -0.15) is 0 Å². The first-order chi connectivity index (χ1) is 12.0. The number of carbonyl (C=O) groups excluding carboxylic acids is 3. The molecule has 25 heavy (non-hydrogen) atoms. The van der Waals surface area contributed by atoms with Crippen molar-refractivity contribution in [1.82, 2.24) is 10.6 Å². The lowest BCUT2D eigenvalue weighted by atomic mass is 9.95. The Morgan fingerprint density at radius 3 is 2.52 bits per heavy atom. The fraction of sp³-hybridized carbons (Fsp3) is 0.471. The van der Waals surface area contributed by atoms with Crippen LogP contribution in [0, 0.1) is 0 Å². The van der Waals surface area contributed by atoms with Crippen molar-refractivity contribution in [3.05, 3.63) is 33.8 Å². The normalized spacial score (nSPS) is 14.6. The molecule has 0 aliphatic heterocycles. The molecule has 0 aromatic heterocycles. The van der Waals surface area contributed by atoms with Gasteiger partial charge in [-0.05, 0) is 31.0 Å². The maximum atomic E-state index is 12.0. The van der Waals surface area contributed by atoms with Gasteiger partial charge < -0.3 is 15.4 Å². The summed E-state index contributed by atoms with van der Waals surface area (Å²) in [5, 5.41) is 5.83. The molecule has 2 rings (SSSR count). The van der Waals surface area contributed by atoms with Crippen molar-refractivity contribution < 1.29 is 19.1 Å². The number of hydrogen-bond donors (Lipinski definition) is 2. The standard InChI is InChI=1S/C17H20Cl2N2O4/c18-11-6-7-13(14(19)8-11)17(24)20-9-16(23)25-10-15(22)21-12-4-2-1-3-5-12/h6-8,12H,1-5,9-10H2,(H,20,24)(H,21,22). The van der Waals surface area contributed by atoms with Gasteiger partial charge in [0, 0.05) is 11.1 Å². The zero-order chi connectivity index (χ0) is 18.2. The predicted molar refractivity (Wildman–Crippen MR) is 94.8 cm³/mol. The maximum Gasteiger partial charge on any atom is 0.325 e. The van der Waals surface area contributed by atoms with E-state index in [0.717, 1.165) is 25.7 Å². The van der Waals surface area contributed by atoms with Gasteiger partial charge in [0.15, 0.2) is 6.61 Å². The molecule has 0 heterocycles. The fourth-order valence-electron chi connectivity index (χ4n) is 2.63. The van der Waals surface area contributed by atoms with Gasteiger partial charge >= 0.3 is 5.97 Å². The molecule has 8 heteroatoms. The Bertz CT molecular complexity index is 646. The van der Waals surface area contributed by atoms with Crippen LogP contribution in [-0.2, 0) is 14.3 Å². The molecular formula is C17H20Cl2N2O4. The van der Waals surface area contributed by atoms with Crippen LogP contribution in [0.2, 0.25) is 10.0 Å². The van der Waals surface area contributed by atoms with Gasteiger partial charge in [0.05, 0.1) is 10.6 Å². The summed E-state index contributed by atoms with van der Waals surface area (Å²) in [6, 6.07) is 4.58. The summed E-state index contributed by atoms with van der Waals surface area (Å²) in [4.78, 5) is 35.3. The highest BCUT2D eigenvalue weighted by Crippen LogP contribution is 2.20. The lowest BCUT2D eigenvalue weighted by Crippen LogP contribution is -2.39. The van der Waals surface area contributed by atoms with Crippen LogP contribution >= 0.6 is 23.2 Å². The average molecular weight is 387 g/mol. The van der Waals surface area contributed by atoms with E-state index in [4.69, 9.17) is 27.9 Å². The lowest BCUT2D eigenvalue weighted by Gasteiger charge is -2.22. The molecule has 1 saturated carbocycles. The molecule has 0 radical (unpaired) electrons. The van der Waals surface area contributed by atoms with Crippen LogP contribution < -0.4 is 10.6 Å². The van der Waals surface area contributed by atoms with Crippen LogP contribution in [0.4, 0.5) is 0 Å². The van der Waals surface area contributed by atoms with Crippen molar-refractivity contribution in [2.75, 3.05) is 13.2 Å². The molecule has 2 N–H and O–H groups in total. The molecule has 1 aliphatic carbocycles. The summed E-state index contributed by atoms with van der Waals surface area (Å²) in [6.45, 7) is -0.707. The summed E-state index contributed by atoms with van der Waals surface area (Å²) < 4.78 is 4.86. The van der Waals surface area contributed by atoms with E-state index >= 15 is 0 Å². The molecule has 6 nitrogen and oxygen atoms in total. The van der Waals surface area contributed by atoms with Crippen LogP contribution in [0.1, 0.15) is 42.5 Å². The lowest BCUT2D eigenvalue weighted by molar-refractivity contribution is -0.147. The van der Waals surface area contributed by atoms with E-state index in [-0.39, 0.29) is 35.7 Å². The van der Waals surface area contributed by atoms with Crippen molar-refractivity contribution in [2.45, 2.75) is 38.1 Å². The van der Waals surface area contributed by atoms with Crippen LogP contribution in [0.15, 0.2) is 18.2 Å². The minimum absolute atomic E-state index is 0.159. The Morgan fingerprint density at radius 2 is 1.84 bits per heavy atom. The third-order valence-electron chi connectivity index (χ3n) is 3.90. The highest BCUT2D eigenvalue weighted by atomic mass is 35.5. The Hall–Kier alpha value is -1.79. The highest BCUT2D eigenvalue weighted by Gasteiger charge is 2.17. The van der Waals surface area contributed by atoms with Crippen LogP contribution in [0.5, 0.6) is 0 Å². The number of rotatable bonds is 6. The largest absolute Gasteiger partial charge is 0.454 e. The molecular weight excluding hydrogens is 367 g/mol. The average Bonchev–Trinajstić information content (AvgIpc) is 2.58. The molecule has 1 aromatic carbocycles. The highest BCUT2D eigenvalue weighted by molar-refractivity contribution is 6.36. The van der Waals surface area contributed by atoms with Gasteiger partial charge in [-0.3, -0.25) is 14.4 Å². The zero-order valence-corrected chi connectivity index (χ0v) is 15.2. The van der Waals surface area contributed by atoms with Crippen molar-refractivity contribution in [2.24, 2.45) is 0 Å². The Kier molecular flexibility index (Phi) is 7.52. The molecule has 0 bridgehead atoms. The van der Waals surface area contributed by atoms with E-state index in [9.17, 15) is 14.4 Å². The van der Waals surface area contributed by atoms with E-state index < -0.39 is 11.9 Å². The molecule has 1 fully saturated rings. The van der Waals surface area contributed by atoms with E-state index in [0.29, 0.717) is 5.02 Å². The monoisotopic (exact) mass is 386 g/mol. The van der Waals surface area contributed by atoms with Crippen molar-refractivity contribution >= 4 is 41.0 Å². The van der Waals surface area contributed by atoms with Crippen molar-refractivity contribution in [1.29, 1.82) is 0 Å². The van der Waals surface area contributed by atoms with Gasteiger partial charge in [0.1, 0.15) is 6.54 Å². The minimum Gasteiger partial charge on any atom is -0.454 e. The third-order valence-corrected chi connectivity index (χ3v) is 4.45. The number of nitrogens with one attached hydrogen (secondary N) is 2. The number of carbonyl (C=O) groups is 3. The Labute approximate surface area is 156 Å². The van der Waals surface area contributed by atoms with E-state index in [1.165, 1.54) is 24.6 Å². The fourth-order valence-corrected chi connectivity index (χ4v) is 3.13. The SMILES string of the molecule is O=C(COC(=O)CNC(=O)c1ccc(Cl)cc1Cl)NC1CCCCC1. The summed E-state index contributed by atoms with van der Waals surface area (Å²) in [5.41, 5.74) is 0.203. The molecule has 136 valence electrons. The van der Waals surface area contributed by atoms with Crippen LogP contribution in [-0.4, -0.2) is 37.0 Å². The smallest absolute Gasteiger partial charge is 0.325 e. The number of amides is 2. The number of hydrogen-bond acceptors (Lipinski definition) is 4. The number of esters is 1. The van der Waals surface area contributed by atoms with E-state index in [1.54, 1.807) is 0 Å². The molecule has 0 spiro atoms. The quantitative estimate of drug-likeness (QED) is 0.736. The summed E-state index contributed by atoms with van der Waals surface area (Å²) in [6.07, 6.45) is 5.31. The second-order valence-electron chi connectivity index (χ2n) is 5.87. The first kappa shape index (κ1) is 19.5. The molecule has 0 saturated heterocycles. The molecule has 2 amide bonds. The van der Waals surface area contributed by atoms with Gasteiger partial charge in [0.25, 0.3) is 11.8 Å². The molecule has 0 unspecified atom stereocenters. The zero-order valence-electron chi connectivity index (χ0n) is 13.6. The predicted octanol–water partition coefficient (Wildman–Crippen LogP) is 2.72. The first-order valence-electron chi connectivity index (χ1n) is 8.14. The summed E-state index contributed by atoms with van der Waals surface area (Å²) in [5.74, 6) is -1.55. The van der Waals surface area contributed by atoms with Crippen molar-refractivity contribution in [3.63, 3.8) is 0 Å². The number of ether oxygens (including phenoxy) is 1. The van der Waals surface area contributed by atoms with Gasteiger partial charge in [-0.25, -0.2) is 0 Å². The topological polar surface area (TPSA) is 84.5 Å². The molecule has 1 aromatic rings. The summed E-state index contributed by atoms with van der Waals surface area (Å²) in [7, 11) is 0. The van der Waals surface area contributed by atoms with Crippen LogP contribution in [0.3, 0.4) is 0 Å². The first-order valence-corrected chi connectivity index (χ1v) is 8.89. The Morgan fingerprint density at radius 1 is 1.12 bits per heavy atom. The number of halogens is 2. The summed E-state index contributed by atoms with van der Waals surface area (Å²) >= 11 is 11.7. The third kappa shape index (κ3) is 6.55. The van der Waals surface area contributed by atoms with Gasteiger partial charge in [0.2, 0.25) is 0 Å². The van der Waals surface area contributed by atoms with Gasteiger partial charge in [-0.15, -0.1) is 0 Å². The van der Waals surface area contributed by atoms with Gasteiger partial charge in [-0.1, -0.05) is 42.5 Å². The van der Waals surface area contributed by atoms with E-state index in [2.05, 4.69) is 10.6 Å². The second-order valence-corrected chi connectivity index (χ2v) is 6.71. The van der Waals surface area contributed by atoms with Crippen LogP contribution in [0.25, 0.3) is 0 Å². The molecule has 1 aliphatic rings. The van der Waals surface area contributed by atoms with Crippen molar-refractivity contribution in [3.8, 4) is 0 Å². The minimum atomic E-state index is -0.697.